The smallest absolute Gasteiger partial charge is 0.224 e. The second kappa shape index (κ2) is 6.66. The van der Waals surface area contributed by atoms with Gasteiger partial charge in [-0.1, -0.05) is 0 Å². The maximum absolute atomic E-state index is 9.27. The summed E-state index contributed by atoms with van der Waals surface area (Å²) in [6.45, 7) is 4.15. The fourth-order valence-electron chi connectivity index (χ4n) is 1.72. The van der Waals surface area contributed by atoms with Crippen molar-refractivity contribution in [3.8, 4) is 0 Å². The first-order valence-electron chi connectivity index (χ1n) is 6.59. The van der Waals surface area contributed by atoms with Crippen LogP contribution in [0.15, 0.2) is 6.33 Å². The maximum Gasteiger partial charge on any atom is 0.224 e. The van der Waals surface area contributed by atoms with Crippen molar-refractivity contribution in [2.24, 2.45) is 0 Å². The summed E-state index contributed by atoms with van der Waals surface area (Å²) < 4.78 is 12.6. The van der Waals surface area contributed by atoms with Gasteiger partial charge in [0.15, 0.2) is 11.5 Å². The Balaban J connectivity index is 2.06. The van der Waals surface area contributed by atoms with Gasteiger partial charge < -0.3 is 26.0 Å². The van der Waals surface area contributed by atoms with Gasteiger partial charge in [-0.2, -0.15) is 9.97 Å². The molecule has 0 radical (unpaired) electrons. The second-order valence-electron chi connectivity index (χ2n) is 4.84. The molecule has 2 heterocycles. The highest BCUT2D eigenvalue weighted by Gasteiger charge is 2.13. The van der Waals surface area contributed by atoms with E-state index < -0.39 is 6.10 Å². The molecule has 0 saturated carbocycles. The minimum atomic E-state index is -0.429. The summed E-state index contributed by atoms with van der Waals surface area (Å²) in [5.74, 6) is 0.293. The molecule has 2 aromatic rings. The van der Waals surface area contributed by atoms with E-state index in [0.717, 1.165) is 0 Å². The number of nitrogens with zero attached hydrogens (tertiary/aromatic N) is 4. The van der Waals surface area contributed by atoms with Gasteiger partial charge in [-0.05, 0) is 13.8 Å². The lowest BCUT2D eigenvalue weighted by molar-refractivity contribution is -0.0776. The second-order valence-corrected chi connectivity index (χ2v) is 4.84. The van der Waals surface area contributed by atoms with Crippen LogP contribution in [0.5, 0.6) is 0 Å². The molecule has 9 heteroatoms. The molecule has 116 valence electrons. The first-order valence-corrected chi connectivity index (χ1v) is 6.59. The third kappa shape index (κ3) is 3.78. The number of imidazole rings is 1. The topological polar surface area (TPSA) is 134 Å². The van der Waals surface area contributed by atoms with E-state index in [9.17, 15) is 5.11 Å². The minimum absolute atomic E-state index is 0.0728. The lowest BCUT2D eigenvalue weighted by atomic mass is 10.4. The summed E-state index contributed by atoms with van der Waals surface area (Å²) >= 11 is 0. The normalized spacial score (nSPS) is 13.1. The first-order chi connectivity index (χ1) is 10.0. The number of aliphatic hydroxyl groups is 1. The zero-order valence-electron chi connectivity index (χ0n) is 12.1. The molecule has 0 fully saturated rings. The molecule has 0 aliphatic heterocycles. The van der Waals surface area contributed by atoms with Crippen molar-refractivity contribution in [3.05, 3.63) is 6.33 Å². The van der Waals surface area contributed by atoms with Crippen LogP contribution in [0, 0.1) is 0 Å². The molecule has 0 aliphatic carbocycles. The molecule has 0 spiro atoms. The minimum Gasteiger partial charge on any atom is -0.394 e. The van der Waals surface area contributed by atoms with Crippen LogP contribution >= 0.6 is 0 Å². The van der Waals surface area contributed by atoms with Crippen molar-refractivity contribution < 1.29 is 14.6 Å². The zero-order chi connectivity index (χ0) is 15.4. The highest BCUT2D eigenvalue weighted by Crippen LogP contribution is 2.17. The Morgan fingerprint density at radius 3 is 2.71 bits per heavy atom. The molecule has 9 nitrogen and oxygen atoms in total. The van der Waals surface area contributed by atoms with E-state index in [2.05, 4.69) is 15.0 Å². The molecule has 1 unspecified atom stereocenters. The van der Waals surface area contributed by atoms with Crippen LogP contribution < -0.4 is 11.5 Å². The summed E-state index contributed by atoms with van der Waals surface area (Å²) in [4.78, 5) is 12.1. The number of fused-ring (bicyclic) bond motifs is 1. The number of hydrogen-bond acceptors (Lipinski definition) is 8. The average molecular weight is 296 g/mol. The van der Waals surface area contributed by atoms with Crippen molar-refractivity contribution in [1.29, 1.82) is 0 Å². The number of anilines is 2. The van der Waals surface area contributed by atoms with Crippen molar-refractivity contribution >= 4 is 22.9 Å². The van der Waals surface area contributed by atoms with Gasteiger partial charge in [-0.15, -0.1) is 0 Å². The summed E-state index contributed by atoms with van der Waals surface area (Å²) in [5.41, 5.74) is 12.2. The number of aliphatic hydroxyl groups excluding tert-OH is 1. The maximum atomic E-state index is 9.27. The predicted octanol–water partition coefficient (Wildman–Crippen LogP) is -0.249. The summed E-state index contributed by atoms with van der Waals surface area (Å²) in [6, 6.07) is 0. The highest BCUT2D eigenvalue weighted by molar-refractivity contribution is 5.82. The Hall–Kier alpha value is -1.97. The molecule has 21 heavy (non-hydrogen) atoms. The molecule has 2 aromatic heterocycles. The molecule has 0 amide bonds. The fraction of sp³-hybridized carbons (Fsp3) is 0.583. The van der Waals surface area contributed by atoms with Gasteiger partial charge in [0.2, 0.25) is 5.95 Å². The van der Waals surface area contributed by atoms with Crippen LogP contribution in [0.2, 0.25) is 0 Å². The Kier molecular flexibility index (Phi) is 4.89. The van der Waals surface area contributed by atoms with Crippen molar-refractivity contribution in [2.45, 2.75) is 32.8 Å². The molecule has 1 atom stereocenters. The Morgan fingerprint density at radius 1 is 1.29 bits per heavy atom. The van der Waals surface area contributed by atoms with E-state index in [1.165, 1.54) is 6.33 Å². The average Bonchev–Trinajstić information content (AvgIpc) is 2.82. The van der Waals surface area contributed by atoms with Crippen LogP contribution in [0.25, 0.3) is 11.2 Å². The summed E-state index contributed by atoms with van der Waals surface area (Å²) in [6.07, 6.45) is 1.18. The standard InChI is InChI=1S/C12H20N6O3/c1-7(2)20-4-8(3-19)21-6-18-5-15-9-10(13)16-12(14)17-11(9)18/h5,7-8,19H,3-4,6H2,1-2H3,(H4,13,14,16,17). The molecule has 0 saturated heterocycles. The number of ether oxygens (including phenoxy) is 2. The monoisotopic (exact) mass is 296 g/mol. The van der Waals surface area contributed by atoms with Gasteiger partial charge in [0.05, 0.1) is 25.6 Å². The van der Waals surface area contributed by atoms with Crippen molar-refractivity contribution in [1.82, 2.24) is 19.5 Å². The molecule has 2 rings (SSSR count). The molecule has 0 aromatic carbocycles. The zero-order valence-corrected chi connectivity index (χ0v) is 12.1. The number of rotatable bonds is 7. The van der Waals surface area contributed by atoms with Gasteiger partial charge >= 0.3 is 0 Å². The van der Waals surface area contributed by atoms with Gasteiger partial charge in [0.1, 0.15) is 18.4 Å². The molecule has 0 bridgehead atoms. The quantitative estimate of drug-likeness (QED) is 0.636. The third-order valence-electron chi connectivity index (χ3n) is 2.78. The van der Waals surface area contributed by atoms with E-state index >= 15 is 0 Å². The number of hydrogen-bond donors (Lipinski definition) is 3. The molecule has 0 aliphatic rings. The number of nitrogens with two attached hydrogens (primary N) is 2. The van der Waals surface area contributed by atoms with E-state index in [-0.39, 0.29) is 31.2 Å². The molecule has 5 N–H and O–H groups in total. The van der Waals surface area contributed by atoms with Crippen LogP contribution in [0.4, 0.5) is 11.8 Å². The third-order valence-corrected chi connectivity index (χ3v) is 2.78. The van der Waals surface area contributed by atoms with Gasteiger partial charge in [-0.25, -0.2) is 4.98 Å². The van der Waals surface area contributed by atoms with E-state index in [4.69, 9.17) is 20.9 Å². The van der Waals surface area contributed by atoms with E-state index in [1.54, 1.807) is 4.57 Å². The number of nitrogen functional groups attached to an aromatic ring is 2. The highest BCUT2D eigenvalue weighted by atomic mass is 16.5. The molecular weight excluding hydrogens is 276 g/mol. The van der Waals surface area contributed by atoms with Crippen LogP contribution in [-0.2, 0) is 16.2 Å². The summed E-state index contributed by atoms with van der Waals surface area (Å²) in [7, 11) is 0. The van der Waals surface area contributed by atoms with Gasteiger partial charge in [-0.3, -0.25) is 4.57 Å². The van der Waals surface area contributed by atoms with E-state index in [0.29, 0.717) is 17.8 Å². The fourth-order valence-corrected chi connectivity index (χ4v) is 1.72. The van der Waals surface area contributed by atoms with Gasteiger partial charge in [0, 0.05) is 0 Å². The largest absolute Gasteiger partial charge is 0.394 e. The van der Waals surface area contributed by atoms with Gasteiger partial charge in [0.25, 0.3) is 0 Å². The Morgan fingerprint density at radius 2 is 2.05 bits per heavy atom. The predicted molar refractivity (Wildman–Crippen MR) is 77.2 cm³/mol. The lowest BCUT2D eigenvalue weighted by Gasteiger charge is -2.17. The van der Waals surface area contributed by atoms with Crippen LogP contribution in [0.3, 0.4) is 0 Å². The van der Waals surface area contributed by atoms with Crippen LogP contribution in [-0.4, -0.2) is 50.0 Å². The SMILES string of the molecule is CC(C)OCC(CO)OCn1cnc2c(N)nc(N)nc21. The van der Waals surface area contributed by atoms with Crippen molar-refractivity contribution in [3.63, 3.8) is 0 Å². The number of aromatic nitrogens is 4. The first kappa shape index (κ1) is 15.4. The van der Waals surface area contributed by atoms with E-state index in [1.807, 2.05) is 13.8 Å². The summed E-state index contributed by atoms with van der Waals surface area (Å²) in [5, 5.41) is 9.27. The van der Waals surface area contributed by atoms with Crippen molar-refractivity contribution in [2.75, 3.05) is 24.7 Å². The molecular formula is C12H20N6O3. The Bertz CT molecular complexity index is 600. The van der Waals surface area contributed by atoms with Crippen LogP contribution in [0.1, 0.15) is 13.8 Å². The lowest BCUT2D eigenvalue weighted by Crippen LogP contribution is -2.26. The Labute approximate surface area is 121 Å².